The van der Waals surface area contributed by atoms with Crippen LogP contribution in [0.5, 0.6) is 0 Å². The zero-order valence-corrected chi connectivity index (χ0v) is 21.0. The Morgan fingerprint density at radius 1 is 1.11 bits per heavy atom. The molecule has 2 atom stereocenters. The number of sulfone groups is 1. The molecule has 2 heterocycles. The Balaban J connectivity index is 1.62. The molecule has 0 bridgehead atoms. The quantitative estimate of drug-likeness (QED) is 0.458. The third-order valence-electron chi connectivity index (χ3n) is 6.67. The summed E-state index contributed by atoms with van der Waals surface area (Å²) in [5, 5.41) is 0.655. The number of pyridine rings is 1. The van der Waals surface area contributed by atoms with Gasteiger partial charge in [0.1, 0.15) is 0 Å². The van der Waals surface area contributed by atoms with E-state index in [9.17, 15) is 18.0 Å². The summed E-state index contributed by atoms with van der Waals surface area (Å²) in [6.45, 7) is 5.21. The fourth-order valence-corrected chi connectivity index (χ4v) is 6.43. The van der Waals surface area contributed by atoms with Crippen LogP contribution in [0.1, 0.15) is 42.6 Å². The molecule has 35 heavy (non-hydrogen) atoms. The number of aromatic nitrogens is 1. The van der Waals surface area contributed by atoms with Crippen LogP contribution in [0.4, 0.5) is 0 Å². The van der Waals surface area contributed by atoms with Crippen molar-refractivity contribution in [3.63, 3.8) is 0 Å². The lowest BCUT2D eigenvalue weighted by molar-refractivity contribution is -0.138. The van der Waals surface area contributed by atoms with Gasteiger partial charge >= 0.3 is 5.97 Å². The van der Waals surface area contributed by atoms with Crippen molar-refractivity contribution in [3.05, 3.63) is 65.7 Å². The molecule has 1 aliphatic rings. The van der Waals surface area contributed by atoms with Gasteiger partial charge in [0.2, 0.25) is 0 Å². The Morgan fingerprint density at radius 3 is 2.46 bits per heavy atom. The highest BCUT2D eigenvalue weighted by atomic mass is 32.2. The van der Waals surface area contributed by atoms with E-state index in [1.807, 2.05) is 75.4 Å². The van der Waals surface area contributed by atoms with Crippen LogP contribution >= 0.6 is 0 Å². The number of ether oxygens (including phenoxy) is 1. The number of esters is 1. The lowest BCUT2D eigenvalue weighted by Gasteiger charge is -2.33. The second-order valence-electron chi connectivity index (χ2n) is 9.03. The molecule has 1 aromatic heterocycles. The predicted octanol–water partition coefficient (Wildman–Crippen LogP) is 4.18. The van der Waals surface area contributed by atoms with Gasteiger partial charge in [-0.25, -0.2) is 18.2 Å². The van der Waals surface area contributed by atoms with E-state index in [0.717, 1.165) is 5.56 Å². The van der Waals surface area contributed by atoms with Gasteiger partial charge in [-0.2, -0.15) is 0 Å². The first-order chi connectivity index (χ1) is 16.7. The van der Waals surface area contributed by atoms with E-state index < -0.39 is 28.5 Å². The summed E-state index contributed by atoms with van der Waals surface area (Å²) in [7, 11) is -3.16. The first-order valence-electron chi connectivity index (χ1n) is 11.8. The Morgan fingerprint density at radius 2 is 1.80 bits per heavy atom. The zero-order valence-electron chi connectivity index (χ0n) is 20.2. The number of amides is 1. The molecule has 1 saturated heterocycles. The molecule has 1 amide bonds. The number of carbonyl (C=O) groups is 2. The summed E-state index contributed by atoms with van der Waals surface area (Å²) in [5.74, 6) is -0.961. The topological polar surface area (TPSA) is 93.6 Å². The average Bonchev–Trinajstić information content (AvgIpc) is 3.21. The van der Waals surface area contributed by atoms with E-state index in [0.29, 0.717) is 40.6 Å². The van der Waals surface area contributed by atoms with Crippen LogP contribution in [0, 0.1) is 6.92 Å². The second-order valence-corrected chi connectivity index (χ2v) is 11.3. The number of fused-ring (bicyclic) bond motifs is 1. The minimum Gasteiger partial charge on any atom is -0.452 e. The molecule has 2 aromatic carbocycles. The highest BCUT2D eigenvalue weighted by Gasteiger charge is 2.37. The number of hydrogen-bond donors (Lipinski definition) is 0. The van der Waals surface area contributed by atoms with Gasteiger partial charge in [-0.3, -0.25) is 4.79 Å². The van der Waals surface area contributed by atoms with Crippen molar-refractivity contribution in [2.75, 3.05) is 18.1 Å². The van der Waals surface area contributed by atoms with Gasteiger partial charge in [0.25, 0.3) is 5.91 Å². The summed E-state index contributed by atoms with van der Waals surface area (Å²) < 4.78 is 29.6. The summed E-state index contributed by atoms with van der Waals surface area (Å²) in [4.78, 5) is 32.9. The van der Waals surface area contributed by atoms with Crippen LogP contribution < -0.4 is 0 Å². The molecule has 3 aromatic rings. The molecular weight excluding hydrogens is 464 g/mol. The maximum Gasteiger partial charge on any atom is 0.339 e. The van der Waals surface area contributed by atoms with Gasteiger partial charge in [-0.1, -0.05) is 55.5 Å². The number of hydrogen-bond acceptors (Lipinski definition) is 6. The van der Waals surface area contributed by atoms with E-state index in [4.69, 9.17) is 9.72 Å². The maximum atomic E-state index is 13.3. The fourth-order valence-electron chi connectivity index (χ4n) is 4.72. The third-order valence-corrected chi connectivity index (χ3v) is 8.42. The number of carbonyl (C=O) groups excluding carboxylic acids is 2. The molecular formula is C27H30N2O5S. The van der Waals surface area contributed by atoms with Crippen molar-refractivity contribution in [2.24, 2.45) is 0 Å². The third kappa shape index (κ3) is 5.22. The monoisotopic (exact) mass is 494 g/mol. The second kappa shape index (κ2) is 10.2. The minimum atomic E-state index is -3.16. The molecule has 184 valence electrons. The average molecular weight is 495 g/mol. The number of nitrogens with zero attached hydrogens (tertiary/aromatic N) is 2. The summed E-state index contributed by atoms with van der Waals surface area (Å²) in [6.07, 6.45) is 1.08. The van der Waals surface area contributed by atoms with Crippen molar-refractivity contribution in [2.45, 2.75) is 45.7 Å². The smallest absolute Gasteiger partial charge is 0.339 e. The van der Waals surface area contributed by atoms with Crippen LogP contribution in [0.15, 0.2) is 54.6 Å². The van der Waals surface area contributed by atoms with Crippen LogP contribution in [-0.4, -0.2) is 60.4 Å². The van der Waals surface area contributed by atoms with Crippen LogP contribution in [0.25, 0.3) is 22.2 Å². The molecule has 0 N–H and O–H groups in total. The van der Waals surface area contributed by atoms with Gasteiger partial charge in [0.05, 0.1) is 28.3 Å². The zero-order chi connectivity index (χ0) is 25.2. The Hall–Kier alpha value is -3.26. The normalized spacial score (nSPS) is 17.7. The lowest BCUT2D eigenvalue weighted by atomic mass is 9.98. The first kappa shape index (κ1) is 24.9. The van der Waals surface area contributed by atoms with Crippen molar-refractivity contribution < 1.29 is 22.7 Å². The first-order valence-corrected chi connectivity index (χ1v) is 13.7. The van der Waals surface area contributed by atoms with Crippen molar-refractivity contribution >= 4 is 32.6 Å². The maximum absolute atomic E-state index is 13.3. The Labute approximate surface area is 206 Å². The van der Waals surface area contributed by atoms with Gasteiger partial charge in [-0.15, -0.1) is 0 Å². The van der Waals surface area contributed by atoms with E-state index in [-0.39, 0.29) is 23.5 Å². The fraction of sp³-hybridized carbons (Fsp3) is 0.370. The van der Waals surface area contributed by atoms with Gasteiger partial charge < -0.3 is 9.64 Å². The highest BCUT2D eigenvalue weighted by Crippen LogP contribution is 2.30. The van der Waals surface area contributed by atoms with E-state index in [1.165, 1.54) is 0 Å². The number of rotatable bonds is 7. The van der Waals surface area contributed by atoms with Gasteiger partial charge in [0, 0.05) is 23.0 Å². The summed E-state index contributed by atoms with van der Waals surface area (Å²) in [6, 6.07) is 16.4. The van der Waals surface area contributed by atoms with Gasteiger partial charge in [-0.05, 0) is 38.3 Å². The van der Waals surface area contributed by atoms with Crippen LogP contribution in [-0.2, 0) is 19.4 Å². The molecule has 0 unspecified atom stereocenters. The van der Waals surface area contributed by atoms with Crippen LogP contribution in [0.2, 0.25) is 0 Å². The molecule has 0 spiro atoms. The summed E-state index contributed by atoms with van der Waals surface area (Å²) in [5.41, 5.74) is 3.27. The standard InChI is InChI=1S/C27H30N2O5S/c1-4-18(2)29(21-14-15-35(32,33)17-21)24(30)16-34-27(31)25-19(3)26(20-10-6-5-7-11-20)28-23-13-9-8-12-22(23)25/h5-13,18,21H,4,14-17H2,1-3H3/t18-,21-/m0/s1. The predicted molar refractivity (Wildman–Crippen MR) is 136 cm³/mol. The Kier molecular flexibility index (Phi) is 7.21. The SMILES string of the molecule is CC[C@H](C)N(C(=O)COC(=O)c1c(C)c(-c2ccccc2)nc2ccccc12)[C@H]1CCS(=O)(=O)C1. The van der Waals surface area contributed by atoms with Crippen LogP contribution in [0.3, 0.4) is 0 Å². The molecule has 8 heteroatoms. The Bertz CT molecular complexity index is 1350. The number of para-hydroxylation sites is 1. The van der Waals surface area contributed by atoms with Crippen molar-refractivity contribution in [3.8, 4) is 11.3 Å². The molecule has 4 rings (SSSR count). The highest BCUT2D eigenvalue weighted by molar-refractivity contribution is 7.91. The van der Waals surface area contributed by atoms with E-state index in [2.05, 4.69) is 0 Å². The molecule has 1 fully saturated rings. The molecule has 1 aliphatic heterocycles. The molecule has 7 nitrogen and oxygen atoms in total. The van der Waals surface area contributed by atoms with Crippen molar-refractivity contribution in [1.82, 2.24) is 9.88 Å². The molecule has 0 aliphatic carbocycles. The summed E-state index contributed by atoms with van der Waals surface area (Å²) >= 11 is 0. The van der Waals surface area contributed by atoms with Gasteiger partial charge in [0.15, 0.2) is 16.4 Å². The minimum absolute atomic E-state index is 0.0500. The largest absolute Gasteiger partial charge is 0.452 e. The lowest BCUT2D eigenvalue weighted by Crippen LogP contribution is -2.48. The van der Waals surface area contributed by atoms with E-state index >= 15 is 0 Å². The van der Waals surface area contributed by atoms with E-state index in [1.54, 1.807) is 4.90 Å². The molecule has 0 saturated carbocycles. The van der Waals surface area contributed by atoms with Crippen molar-refractivity contribution in [1.29, 1.82) is 0 Å². The molecule has 0 radical (unpaired) electrons. The number of benzene rings is 2.